The second kappa shape index (κ2) is 12.4. The van der Waals surface area contributed by atoms with Crippen molar-refractivity contribution in [3.8, 4) is 46.0 Å². The zero-order chi connectivity index (χ0) is 35.0. The lowest BCUT2D eigenvalue weighted by Gasteiger charge is -2.22. The maximum atomic E-state index is 13.9. The molecule has 0 amide bonds. The highest BCUT2D eigenvalue weighted by atomic mass is 32.2. The Bertz CT molecular complexity index is 2110. The first-order valence-corrected chi connectivity index (χ1v) is 14.8. The van der Waals surface area contributed by atoms with Crippen LogP contribution in [0.3, 0.4) is 0 Å². The number of aryl methyl sites for hydroxylation is 2. The number of methoxy groups -OCH3 is 1. The van der Waals surface area contributed by atoms with Gasteiger partial charge in [0.25, 0.3) is 15.9 Å². The van der Waals surface area contributed by atoms with Crippen molar-refractivity contribution in [3.63, 3.8) is 0 Å². The molecule has 1 aromatic carbocycles. The van der Waals surface area contributed by atoms with Gasteiger partial charge in [-0.1, -0.05) is 18.2 Å². The number of ether oxygens (including phenoxy) is 3. The van der Waals surface area contributed by atoms with Crippen LogP contribution < -0.4 is 18.9 Å². The number of H-pyrrole nitrogens is 1. The molecule has 0 aliphatic heterocycles. The van der Waals surface area contributed by atoms with Crippen LogP contribution in [0.4, 0.5) is 5.82 Å². The van der Waals surface area contributed by atoms with Crippen molar-refractivity contribution in [3.05, 3.63) is 65.4 Å². The molecule has 3 N–H and O–H groups in total. The molecule has 0 radical (unpaired) electrons. The molecule has 0 aliphatic rings. The first-order chi connectivity index (χ1) is 22.6. The first kappa shape index (κ1) is 27.3. The van der Waals surface area contributed by atoms with E-state index in [9.17, 15) is 13.5 Å². The van der Waals surface area contributed by atoms with Gasteiger partial charge in [-0.25, -0.2) is 9.97 Å². The Morgan fingerprint density at radius 3 is 2.56 bits per heavy atom. The van der Waals surface area contributed by atoms with Crippen molar-refractivity contribution >= 4 is 15.8 Å². The predicted octanol–water partition coefficient (Wildman–Crippen LogP) is 3.79. The molecular formula is C29H31N9O6S. The Morgan fingerprint density at radius 2 is 1.87 bits per heavy atom. The number of anilines is 1. The van der Waals surface area contributed by atoms with E-state index >= 15 is 0 Å². The molecule has 0 fully saturated rings. The summed E-state index contributed by atoms with van der Waals surface area (Å²) in [4.78, 5) is 17.4. The summed E-state index contributed by atoms with van der Waals surface area (Å²) in [7, 11) is -3.19. The largest absolute Gasteiger partial charge is 0.493 e. The first-order valence-electron chi connectivity index (χ1n) is 14.9. The number of rotatable bonds is 11. The monoisotopic (exact) mass is 636 g/mol. The highest BCUT2D eigenvalue weighted by Crippen LogP contribution is 2.43. The van der Waals surface area contributed by atoms with Crippen LogP contribution in [-0.4, -0.2) is 73.4 Å². The van der Waals surface area contributed by atoms with Crippen molar-refractivity contribution in [2.24, 2.45) is 0 Å². The number of hydrogen-bond acceptors (Lipinski definition) is 13. The van der Waals surface area contributed by atoms with E-state index in [1.165, 1.54) is 40.3 Å². The Balaban J connectivity index is 1.77. The Kier molecular flexibility index (Phi) is 7.54. The topological polar surface area (TPSA) is 200 Å². The maximum absolute atomic E-state index is 13.9. The molecule has 0 saturated carbocycles. The molecule has 0 atom stereocenters. The lowest BCUT2D eigenvalue weighted by atomic mass is 10.2. The average Bonchev–Trinajstić information content (AvgIpc) is 3.57. The summed E-state index contributed by atoms with van der Waals surface area (Å²) in [5, 5.41) is 24.0. The Morgan fingerprint density at radius 1 is 1.07 bits per heavy atom. The summed E-state index contributed by atoms with van der Waals surface area (Å²) in [6.07, 6.45) is 2.85. The standard InChI is InChI=1S/C29H31N9O6S/c1-16-12-18(3)28(31-14-16)45(40,41)36-26-23(44-22-17(2)8-7-9-21(22)42-6)27(43-15-29(4,5)39)33-24(32-26)19-10-11-30-20(13-19)25-34-37-38-35-25/h7-14,39H,15H2,1-6H3,(H,32,33,36)(H,34,35,37,38)/i7D,8D,9D. The fourth-order valence-corrected chi connectivity index (χ4v) is 5.18. The molecule has 0 saturated heterocycles. The maximum Gasteiger partial charge on any atom is 0.280 e. The van der Waals surface area contributed by atoms with E-state index in [0.29, 0.717) is 16.8 Å². The summed E-state index contributed by atoms with van der Waals surface area (Å²) in [6, 6.07) is 3.59. The highest BCUT2D eigenvalue weighted by molar-refractivity contribution is 7.92. The quantitative estimate of drug-likeness (QED) is 0.189. The number of tetrazole rings is 1. The van der Waals surface area contributed by atoms with Gasteiger partial charge in [0.05, 0.1) is 16.8 Å². The van der Waals surface area contributed by atoms with Gasteiger partial charge in [-0.3, -0.25) is 9.71 Å². The Hall–Kier alpha value is -5.22. The minimum atomic E-state index is -4.44. The highest BCUT2D eigenvalue weighted by Gasteiger charge is 2.28. The number of hydrogen-bond donors (Lipinski definition) is 3. The molecule has 4 aromatic heterocycles. The molecule has 0 bridgehead atoms. The van der Waals surface area contributed by atoms with Crippen LogP contribution in [0.25, 0.3) is 22.9 Å². The van der Waals surface area contributed by atoms with Crippen molar-refractivity contribution < 1.29 is 31.8 Å². The second-order valence-corrected chi connectivity index (χ2v) is 12.1. The number of pyridine rings is 2. The van der Waals surface area contributed by atoms with E-state index in [-0.39, 0.29) is 58.0 Å². The minimum Gasteiger partial charge on any atom is -0.493 e. The van der Waals surface area contributed by atoms with Crippen molar-refractivity contribution in [2.45, 2.75) is 45.2 Å². The van der Waals surface area contributed by atoms with Gasteiger partial charge in [-0.05, 0) is 74.7 Å². The molecule has 0 aliphatic carbocycles. The van der Waals surface area contributed by atoms with Gasteiger partial charge in [-0.15, -0.1) is 10.2 Å². The van der Waals surface area contributed by atoms with E-state index in [0.717, 1.165) is 5.56 Å². The van der Waals surface area contributed by atoms with E-state index in [1.807, 2.05) is 0 Å². The fourth-order valence-electron chi connectivity index (χ4n) is 4.02. The fraction of sp³-hybridized carbons (Fsp3) is 0.276. The molecule has 15 nitrogen and oxygen atoms in total. The van der Waals surface area contributed by atoms with Gasteiger partial charge in [0.2, 0.25) is 11.6 Å². The molecule has 4 heterocycles. The normalized spacial score (nSPS) is 12.6. The van der Waals surface area contributed by atoms with Crippen molar-refractivity contribution in [1.29, 1.82) is 0 Å². The number of aliphatic hydroxyl groups is 1. The smallest absolute Gasteiger partial charge is 0.280 e. The minimum absolute atomic E-state index is 0.0564. The molecule has 234 valence electrons. The number of nitrogens with zero attached hydrogens (tertiary/aromatic N) is 7. The van der Waals surface area contributed by atoms with Crippen LogP contribution in [0.5, 0.6) is 23.1 Å². The van der Waals surface area contributed by atoms with Gasteiger partial charge < -0.3 is 19.3 Å². The van der Waals surface area contributed by atoms with Crippen LogP contribution in [0, 0.1) is 20.8 Å². The number of aromatic amines is 1. The average molecular weight is 637 g/mol. The number of aromatic nitrogens is 8. The van der Waals surface area contributed by atoms with Crippen LogP contribution >= 0.6 is 0 Å². The van der Waals surface area contributed by atoms with Crippen LogP contribution in [0.2, 0.25) is 0 Å². The Labute approximate surface area is 263 Å². The van der Waals surface area contributed by atoms with Crippen molar-refractivity contribution in [1.82, 2.24) is 40.6 Å². The molecular weight excluding hydrogens is 602 g/mol. The van der Waals surface area contributed by atoms with Gasteiger partial charge >= 0.3 is 0 Å². The van der Waals surface area contributed by atoms with Gasteiger partial charge in [0, 0.05) is 18.0 Å². The summed E-state index contributed by atoms with van der Waals surface area (Å²) in [5.41, 5.74) is 0.467. The lowest BCUT2D eigenvalue weighted by Crippen LogP contribution is -2.28. The SMILES string of the molecule is [2H]c1c([2H])c(C)c(Oc2c(NS(=O)(=O)c3ncc(C)cc3C)nc(-c3ccnc(-c4nn[nH]n4)c3)nc2OCC(C)(C)O)c(OC)c1[2H]. The summed E-state index contributed by atoms with van der Waals surface area (Å²) in [6.45, 7) is 7.49. The van der Waals surface area contributed by atoms with Gasteiger partial charge in [-0.2, -0.15) is 18.6 Å². The molecule has 45 heavy (non-hydrogen) atoms. The van der Waals surface area contributed by atoms with Gasteiger partial charge in [0.15, 0.2) is 28.2 Å². The third kappa shape index (κ3) is 7.13. The van der Waals surface area contributed by atoms with E-state index in [1.54, 1.807) is 32.0 Å². The number of nitrogens with one attached hydrogen (secondary N) is 2. The zero-order valence-electron chi connectivity index (χ0n) is 28.1. The second-order valence-electron chi connectivity index (χ2n) is 10.5. The van der Waals surface area contributed by atoms with Crippen molar-refractivity contribution in [2.75, 3.05) is 18.4 Å². The summed E-state index contributed by atoms with van der Waals surface area (Å²) < 4.78 is 72.6. The van der Waals surface area contributed by atoms with Crippen LogP contribution in [-0.2, 0) is 10.0 Å². The van der Waals surface area contributed by atoms with Gasteiger partial charge in [0.1, 0.15) is 12.3 Å². The predicted molar refractivity (Wildman–Crippen MR) is 163 cm³/mol. The van der Waals surface area contributed by atoms with E-state index < -0.39 is 33.5 Å². The molecule has 5 aromatic rings. The number of sulfonamides is 1. The van der Waals surface area contributed by atoms with Crippen LogP contribution in [0.1, 0.15) is 34.7 Å². The third-order valence-corrected chi connectivity index (χ3v) is 7.42. The molecule has 0 unspecified atom stereocenters. The zero-order valence-corrected chi connectivity index (χ0v) is 25.9. The molecule has 5 rings (SSSR count). The molecule has 0 spiro atoms. The molecule has 16 heteroatoms. The summed E-state index contributed by atoms with van der Waals surface area (Å²) >= 11 is 0. The van der Waals surface area contributed by atoms with E-state index in [2.05, 4.69) is 45.3 Å². The number of para-hydroxylation sites is 1. The van der Waals surface area contributed by atoms with E-state index in [4.69, 9.17) is 18.3 Å². The number of benzene rings is 1. The summed E-state index contributed by atoms with van der Waals surface area (Å²) in [5.74, 6) is -1.38. The third-order valence-electron chi connectivity index (χ3n) is 6.02. The lowest BCUT2D eigenvalue weighted by molar-refractivity contribution is 0.0260. The van der Waals surface area contributed by atoms with Crippen LogP contribution in [0.15, 0.2) is 53.7 Å².